The number of hydrogen-bond acceptors (Lipinski definition) is 5. The van der Waals surface area contributed by atoms with Crippen molar-refractivity contribution in [3.8, 4) is 11.5 Å². The van der Waals surface area contributed by atoms with Gasteiger partial charge in [0.15, 0.2) is 11.5 Å². The number of anilines is 1. The molecule has 0 aliphatic heterocycles. The number of ether oxygens (including phenoxy) is 2. The summed E-state index contributed by atoms with van der Waals surface area (Å²) >= 11 is 0. The van der Waals surface area contributed by atoms with Gasteiger partial charge in [-0.1, -0.05) is 43.2 Å². The molecule has 6 nitrogen and oxygen atoms in total. The van der Waals surface area contributed by atoms with Gasteiger partial charge in [-0.3, -0.25) is 4.79 Å². The van der Waals surface area contributed by atoms with E-state index in [1.807, 2.05) is 19.1 Å². The normalized spacial score (nSPS) is 11.2. The van der Waals surface area contributed by atoms with Gasteiger partial charge in [-0.25, -0.2) is 8.42 Å². The molecule has 3 aromatic carbocycles. The Labute approximate surface area is 195 Å². The van der Waals surface area contributed by atoms with Crippen molar-refractivity contribution in [1.82, 2.24) is 0 Å². The van der Waals surface area contributed by atoms with E-state index < -0.39 is 15.9 Å². The minimum atomic E-state index is -4.17. The largest absolute Gasteiger partial charge is 0.493 e. The first-order chi connectivity index (χ1) is 15.8. The third kappa shape index (κ3) is 5.37. The van der Waals surface area contributed by atoms with Gasteiger partial charge in [-0.15, -0.1) is 0 Å². The lowest BCUT2D eigenvalue weighted by atomic mass is 10.1. The van der Waals surface area contributed by atoms with Gasteiger partial charge in [-0.2, -0.15) is 4.31 Å². The molecule has 0 fully saturated rings. The molecule has 0 heterocycles. The second kappa shape index (κ2) is 10.5. The molecule has 7 heteroatoms. The minimum Gasteiger partial charge on any atom is -0.493 e. The van der Waals surface area contributed by atoms with Gasteiger partial charge in [0.05, 0.1) is 24.8 Å². The zero-order valence-corrected chi connectivity index (χ0v) is 20.2. The van der Waals surface area contributed by atoms with Gasteiger partial charge in [-0.05, 0) is 67.8 Å². The molecule has 0 aliphatic rings. The first-order valence-electron chi connectivity index (χ1n) is 10.8. The van der Waals surface area contributed by atoms with Crippen LogP contribution in [0.2, 0.25) is 0 Å². The molecule has 174 valence electrons. The van der Waals surface area contributed by atoms with Crippen molar-refractivity contribution in [2.75, 3.05) is 18.5 Å². The smallest absolute Gasteiger partial charge is 0.272 e. The fourth-order valence-electron chi connectivity index (χ4n) is 3.45. The summed E-state index contributed by atoms with van der Waals surface area (Å²) in [6.45, 7) is 3.99. The molecule has 1 amide bonds. The van der Waals surface area contributed by atoms with E-state index in [2.05, 4.69) is 6.92 Å². The monoisotopic (exact) mass is 467 g/mol. The number of methoxy groups -OCH3 is 2. The molecular weight excluding hydrogens is 438 g/mol. The molecule has 0 saturated heterocycles. The van der Waals surface area contributed by atoms with E-state index in [1.54, 1.807) is 30.3 Å². The Morgan fingerprint density at radius 1 is 0.879 bits per heavy atom. The molecule has 0 unspecified atom stereocenters. The first kappa shape index (κ1) is 24.3. The summed E-state index contributed by atoms with van der Waals surface area (Å²) in [5.74, 6) is 0.103. The Balaban J connectivity index is 2.10. The Bertz CT molecular complexity index is 1200. The zero-order chi connectivity index (χ0) is 24.0. The summed E-state index contributed by atoms with van der Waals surface area (Å²) < 4.78 is 38.7. The summed E-state index contributed by atoms with van der Waals surface area (Å²) in [4.78, 5) is 13.6. The van der Waals surface area contributed by atoms with Crippen molar-refractivity contribution in [2.45, 2.75) is 38.0 Å². The van der Waals surface area contributed by atoms with Crippen molar-refractivity contribution in [3.63, 3.8) is 0 Å². The molecule has 0 spiro atoms. The molecule has 3 aromatic rings. The van der Waals surface area contributed by atoms with Crippen LogP contribution >= 0.6 is 0 Å². The number of sulfonamides is 1. The molecule has 0 aromatic heterocycles. The predicted octanol–water partition coefficient (Wildman–Crippen LogP) is 5.39. The molecule has 0 saturated carbocycles. The molecule has 33 heavy (non-hydrogen) atoms. The lowest BCUT2D eigenvalue weighted by Crippen LogP contribution is -2.37. The van der Waals surface area contributed by atoms with E-state index in [9.17, 15) is 13.2 Å². The number of aryl methyl sites for hydroxylation is 2. The number of benzene rings is 3. The van der Waals surface area contributed by atoms with E-state index >= 15 is 0 Å². The van der Waals surface area contributed by atoms with Crippen molar-refractivity contribution in [2.24, 2.45) is 0 Å². The number of rotatable bonds is 9. The summed E-state index contributed by atoms with van der Waals surface area (Å²) in [6.07, 6.45) is 2.99. The summed E-state index contributed by atoms with van der Waals surface area (Å²) in [6, 6.07) is 18.1. The maximum atomic E-state index is 13.6. The highest BCUT2D eigenvalue weighted by molar-refractivity contribution is 7.93. The van der Waals surface area contributed by atoms with Crippen molar-refractivity contribution >= 4 is 21.6 Å². The molecule has 3 rings (SSSR count). The van der Waals surface area contributed by atoms with E-state index in [0.29, 0.717) is 11.5 Å². The van der Waals surface area contributed by atoms with Crippen LogP contribution in [0.3, 0.4) is 0 Å². The van der Waals surface area contributed by atoms with Crippen LogP contribution in [-0.4, -0.2) is 28.5 Å². The van der Waals surface area contributed by atoms with E-state index in [1.165, 1.54) is 38.5 Å². The Hall–Kier alpha value is -3.32. The van der Waals surface area contributed by atoms with Crippen LogP contribution in [0, 0.1) is 6.92 Å². The molecule has 0 atom stereocenters. The van der Waals surface area contributed by atoms with Crippen LogP contribution in [0.4, 0.5) is 5.69 Å². The highest BCUT2D eigenvalue weighted by Crippen LogP contribution is 2.31. The van der Waals surface area contributed by atoms with E-state index in [4.69, 9.17) is 9.47 Å². The third-order valence-electron chi connectivity index (χ3n) is 5.36. The van der Waals surface area contributed by atoms with Gasteiger partial charge < -0.3 is 9.47 Å². The highest BCUT2D eigenvalue weighted by Gasteiger charge is 2.32. The van der Waals surface area contributed by atoms with Crippen LogP contribution < -0.4 is 13.8 Å². The van der Waals surface area contributed by atoms with Crippen LogP contribution in [0.1, 0.15) is 41.3 Å². The van der Waals surface area contributed by atoms with Crippen LogP contribution in [0.15, 0.2) is 71.6 Å². The van der Waals surface area contributed by atoms with Gasteiger partial charge in [0, 0.05) is 5.56 Å². The topological polar surface area (TPSA) is 72.9 Å². The van der Waals surface area contributed by atoms with Crippen molar-refractivity contribution in [3.05, 3.63) is 83.4 Å². The maximum absolute atomic E-state index is 13.6. The zero-order valence-electron chi connectivity index (χ0n) is 19.4. The highest BCUT2D eigenvalue weighted by atomic mass is 32.2. The summed E-state index contributed by atoms with van der Waals surface area (Å²) in [5.41, 5.74) is 2.45. The number of nitrogens with zero attached hydrogens (tertiary/aromatic N) is 1. The summed E-state index contributed by atoms with van der Waals surface area (Å²) in [7, 11) is -1.22. The van der Waals surface area contributed by atoms with Crippen molar-refractivity contribution < 1.29 is 22.7 Å². The Morgan fingerprint density at radius 3 is 2.09 bits per heavy atom. The lowest BCUT2D eigenvalue weighted by Gasteiger charge is -2.23. The number of unbranched alkanes of at least 4 members (excludes halogenated alkanes) is 1. The van der Waals surface area contributed by atoms with E-state index in [0.717, 1.165) is 34.7 Å². The lowest BCUT2D eigenvalue weighted by molar-refractivity contribution is 0.100. The predicted molar refractivity (Wildman–Crippen MR) is 130 cm³/mol. The second-order valence-corrected chi connectivity index (χ2v) is 9.51. The molecular formula is C26H29NO5S. The Kier molecular flexibility index (Phi) is 7.76. The van der Waals surface area contributed by atoms with Crippen LogP contribution in [0.25, 0.3) is 0 Å². The minimum absolute atomic E-state index is 0.0389. The Morgan fingerprint density at radius 2 is 1.52 bits per heavy atom. The van der Waals surface area contributed by atoms with Crippen LogP contribution in [0.5, 0.6) is 11.5 Å². The number of hydrogen-bond donors (Lipinski definition) is 0. The maximum Gasteiger partial charge on any atom is 0.272 e. The number of carbonyl (C=O) groups excluding carboxylic acids is 1. The molecule has 0 N–H and O–H groups in total. The molecule has 0 aliphatic carbocycles. The van der Waals surface area contributed by atoms with Crippen LogP contribution in [-0.2, 0) is 16.4 Å². The number of carbonyl (C=O) groups is 1. The quantitative estimate of drug-likeness (QED) is 0.422. The standard InChI is InChI=1S/C26H29NO5S/c1-5-6-7-20-10-13-22(14-11-20)27(33(29,30)23-15-8-19(2)9-16-23)26(28)21-12-17-24(31-3)25(18-21)32-4/h8-18H,5-7H2,1-4H3. The molecule has 0 radical (unpaired) electrons. The summed E-state index contributed by atoms with van der Waals surface area (Å²) in [5, 5.41) is 0. The number of amides is 1. The second-order valence-electron chi connectivity index (χ2n) is 7.73. The van der Waals surface area contributed by atoms with Gasteiger partial charge in [0.25, 0.3) is 15.9 Å². The third-order valence-corrected chi connectivity index (χ3v) is 7.09. The van der Waals surface area contributed by atoms with E-state index in [-0.39, 0.29) is 16.1 Å². The average molecular weight is 468 g/mol. The van der Waals surface area contributed by atoms with Gasteiger partial charge in [0.1, 0.15) is 0 Å². The van der Waals surface area contributed by atoms with Gasteiger partial charge >= 0.3 is 0 Å². The SMILES string of the molecule is CCCCc1ccc(N(C(=O)c2ccc(OC)c(OC)c2)S(=O)(=O)c2ccc(C)cc2)cc1. The van der Waals surface area contributed by atoms with Crippen molar-refractivity contribution in [1.29, 1.82) is 0 Å². The fraction of sp³-hybridized carbons (Fsp3) is 0.269. The first-order valence-corrected chi connectivity index (χ1v) is 12.2. The fourth-order valence-corrected chi connectivity index (χ4v) is 4.86. The average Bonchev–Trinajstić information content (AvgIpc) is 2.83. The van der Waals surface area contributed by atoms with Gasteiger partial charge in [0.2, 0.25) is 0 Å². The molecule has 0 bridgehead atoms.